The maximum Gasteiger partial charge on any atom is 0.416 e. The third-order valence-electron chi connectivity index (χ3n) is 2.51. The summed E-state index contributed by atoms with van der Waals surface area (Å²) in [6.07, 6.45) is -8.63. The molecular weight excluding hydrogens is 285 g/mol. The van der Waals surface area contributed by atoms with Crippen LogP contribution in [0.2, 0.25) is 0 Å². The van der Waals surface area contributed by atoms with Gasteiger partial charge < -0.3 is 4.74 Å². The number of ether oxygens (including phenoxy) is 1. The minimum absolute atomic E-state index is 0.0157. The van der Waals surface area contributed by atoms with Gasteiger partial charge >= 0.3 is 12.1 Å². The van der Waals surface area contributed by atoms with E-state index in [1.54, 1.807) is 0 Å². The molecule has 0 aliphatic rings. The van der Waals surface area contributed by atoms with Gasteiger partial charge in [-0.05, 0) is 25.5 Å². The molecule has 0 aromatic carbocycles. The number of hydrogen-bond donors (Lipinski definition) is 0. The second-order valence-electron chi connectivity index (χ2n) is 3.94. The standard InChI is InChI=1S/C12H12F5NO2/c1-3-20-10(19)4-7-6(2)18-9(11(13)14)5-8(7)12(15,16)17/h5,11H,3-4H2,1-2H3. The quantitative estimate of drug-likeness (QED) is 0.631. The van der Waals surface area contributed by atoms with Gasteiger partial charge in [-0.25, -0.2) is 8.78 Å². The van der Waals surface area contributed by atoms with E-state index in [9.17, 15) is 26.7 Å². The highest BCUT2D eigenvalue weighted by atomic mass is 19.4. The molecule has 8 heteroatoms. The molecule has 0 spiro atoms. The van der Waals surface area contributed by atoms with Crippen molar-refractivity contribution in [3.63, 3.8) is 0 Å². The molecular formula is C12H12F5NO2. The van der Waals surface area contributed by atoms with E-state index in [1.807, 2.05) is 0 Å². The Hall–Kier alpha value is -1.73. The third-order valence-corrected chi connectivity index (χ3v) is 2.51. The summed E-state index contributed by atoms with van der Waals surface area (Å²) in [5.41, 5.74) is -2.96. The molecule has 1 rings (SSSR count). The van der Waals surface area contributed by atoms with Crippen molar-refractivity contribution in [2.75, 3.05) is 6.61 Å². The van der Waals surface area contributed by atoms with Crippen LogP contribution in [0, 0.1) is 6.92 Å². The predicted octanol–water partition coefficient (Wildman–Crippen LogP) is 3.45. The third kappa shape index (κ3) is 3.88. The summed E-state index contributed by atoms with van der Waals surface area (Å²) >= 11 is 0. The second kappa shape index (κ2) is 6.15. The lowest BCUT2D eigenvalue weighted by molar-refractivity contribution is -0.143. The van der Waals surface area contributed by atoms with Crippen molar-refractivity contribution in [1.82, 2.24) is 4.98 Å². The summed E-state index contributed by atoms with van der Waals surface area (Å²) in [7, 11) is 0. The average Bonchev–Trinajstić information content (AvgIpc) is 2.29. The van der Waals surface area contributed by atoms with E-state index >= 15 is 0 Å². The number of alkyl halides is 5. The minimum atomic E-state index is -4.85. The van der Waals surface area contributed by atoms with Crippen LogP contribution in [0.3, 0.4) is 0 Å². The molecule has 0 aliphatic heterocycles. The van der Waals surface area contributed by atoms with Crippen molar-refractivity contribution in [1.29, 1.82) is 0 Å². The number of carbonyl (C=O) groups is 1. The molecule has 3 nitrogen and oxygen atoms in total. The second-order valence-corrected chi connectivity index (χ2v) is 3.94. The molecule has 0 fully saturated rings. The van der Waals surface area contributed by atoms with Gasteiger partial charge in [0.1, 0.15) is 5.69 Å². The van der Waals surface area contributed by atoms with Gasteiger partial charge in [0.05, 0.1) is 18.6 Å². The summed E-state index contributed by atoms with van der Waals surface area (Å²) in [5, 5.41) is 0. The van der Waals surface area contributed by atoms with Crippen molar-refractivity contribution in [2.24, 2.45) is 0 Å². The summed E-state index contributed by atoms with van der Waals surface area (Å²) < 4.78 is 68.2. The van der Waals surface area contributed by atoms with Gasteiger partial charge in [0.25, 0.3) is 6.43 Å². The Bertz CT molecular complexity index is 499. The van der Waals surface area contributed by atoms with Crippen LogP contribution in [0.1, 0.15) is 35.9 Å². The maximum absolute atomic E-state index is 12.9. The number of nitrogens with zero attached hydrogens (tertiary/aromatic N) is 1. The van der Waals surface area contributed by atoms with Crippen LogP contribution in [0.5, 0.6) is 0 Å². The zero-order valence-electron chi connectivity index (χ0n) is 10.7. The number of esters is 1. The Labute approximate surface area is 111 Å². The van der Waals surface area contributed by atoms with Crippen LogP contribution in [0.15, 0.2) is 6.07 Å². The molecule has 0 radical (unpaired) electrons. The zero-order valence-corrected chi connectivity index (χ0v) is 10.7. The minimum Gasteiger partial charge on any atom is -0.466 e. The van der Waals surface area contributed by atoms with E-state index in [-0.39, 0.29) is 18.4 Å². The molecule has 0 bridgehead atoms. The first-order valence-electron chi connectivity index (χ1n) is 5.68. The molecule has 0 saturated carbocycles. The largest absolute Gasteiger partial charge is 0.466 e. The fourth-order valence-corrected chi connectivity index (χ4v) is 1.67. The fourth-order valence-electron chi connectivity index (χ4n) is 1.67. The highest BCUT2D eigenvalue weighted by molar-refractivity contribution is 5.73. The van der Waals surface area contributed by atoms with E-state index < -0.39 is 41.8 Å². The SMILES string of the molecule is CCOC(=O)Cc1c(C(F)(F)F)cc(C(F)F)nc1C. The summed E-state index contributed by atoms with van der Waals surface area (Å²) in [4.78, 5) is 14.7. The van der Waals surface area contributed by atoms with Crippen LogP contribution in [0.25, 0.3) is 0 Å². The predicted molar refractivity (Wildman–Crippen MR) is 59.3 cm³/mol. The van der Waals surface area contributed by atoms with Crippen LogP contribution < -0.4 is 0 Å². The number of hydrogen-bond acceptors (Lipinski definition) is 3. The summed E-state index contributed by atoms with van der Waals surface area (Å²) in [5.74, 6) is -0.868. The summed E-state index contributed by atoms with van der Waals surface area (Å²) in [6.45, 7) is 2.67. The van der Waals surface area contributed by atoms with E-state index in [0.29, 0.717) is 0 Å². The molecule has 1 aromatic heterocycles. The Morgan fingerprint density at radius 1 is 1.40 bits per heavy atom. The van der Waals surface area contributed by atoms with E-state index in [4.69, 9.17) is 0 Å². The number of rotatable bonds is 4. The first-order valence-corrected chi connectivity index (χ1v) is 5.68. The van der Waals surface area contributed by atoms with Crippen molar-refractivity contribution in [3.8, 4) is 0 Å². The van der Waals surface area contributed by atoms with Gasteiger partial charge in [0, 0.05) is 5.69 Å². The Morgan fingerprint density at radius 3 is 2.45 bits per heavy atom. The zero-order chi connectivity index (χ0) is 15.5. The molecule has 0 saturated heterocycles. The monoisotopic (exact) mass is 297 g/mol. The molecule has 0 atom stereocenters. The van der Waals surface area contributed by atoms with E-state index in [2.05, 4.69) is 9.72 Å². The van der Waals surface area contributed by atoms with Crippen LogP contribution >= 0.6 is 0 Å². The Kier molecular flexibility index (Phi) is 5.02. The Balaban J connectivity index is 3.31. The summed E-state index contributed by atoms with van der Waals surface area (Å²) in [6, 6.07) is 0.270. The molecule has 1 heterocycles. The van der Waals surface area contributed by atoms with Gasteiger partial charge in [-0.3, -0.25) is 9.78 Å². The molecule has 0 unspecified atom stereocenters. The van der Waals surface area contributed by atoms with Crippen LogP contribution in [0.4, 0.5) is 22.0 Å². The van der Waals surface area contributed by atoms with Gasteiger partial charge in [0.2, 0.25) is 0 Å². The van der Waals surface area contributed by atoms with Crippen molar-refractivity contribution in [3.05, 3.63) is 28.6 Å². The van der Waals surface area contributed by atoms with Crippen molar-refractivity contribution < 1.29 is 31.5 Å². The number of aryl methyl sites for hydroxylation is 1. The Morgan fingerprint density at radius 2 is 2.00 bits per heavy atom. The molecule has 1 aromatic rings. The number of halogens is 5. The first-order chi connectivity index (χ1) is 9.16. The lowest BCUT2D eigenvalue weighted by Gasteiger charge is -2.16. The smallest absolute Gasteiger partial charge is 0.416 e. The number of aromatic nitrogens is 1. The number of carbonyl (C=O) groups excluding carboxylic acids is 1. The van der Waals surface area contributed by atoms with Gasteiger partial charge in [-0.2, -0.15) is 13.2 Å². The fraction of sp³-hybridized carbons (Fsp3) is 0.500. The van der Waals surface area contributed by atoms with E-state index in [0.717, 1.165) is 6.92 Å². The topological polar surface area (TPSA) is 39.2 Å². The lowest BCUT2D eigenvalue weighted by Crippen LogP contribution is -2.17. The van der Waals surface area contributed by atoms with Gasteiger partial charge in [0.15, 0.2) is 0 Å². The molecule has 0 amide bonds. The highest BCUT2D eigenvalue weighted by Gasteiger charge is 2.36. The molecule has 112 valence electrons. The van der Waals surface area contributed by atoms with Gasteiger partial charge in [-0.15, -0.1) is 0 Å². The van der Waals surface area contributed by atoms with E-state index in [1.165, 1.54) is 6.92 Å². The number of pyridine rings is 1. The van der Waals surface area contributed by atoms with Crippen LogP contribution in [-0.2, 0) is 22.1 Å². The van der Waals surface area contributed by atoms with Gasteiger partial charge in [-0.1, -0.05) is 0 Å². The normalized spacial score (nSPS) is 11.8. The molecule has 0 aliphatic carbocycles. The maximum atomic E-state index is 12.9. The molecule has 20 heavy (non-hydrogen) atoms. The highest BCUT2D eigenvalue weighted by Crippen LogP contribution is 2.35. The van der Waals surface area contributed by atoms with Crippen molar-refractivity contribution in [2.45, 2.75) is 32.9 Å². The average molecular weight is 297 g/mol. The van der Waals surface area contributed by atoms with Crippen molar-refractivity contribution >= 4 is 5.97 Å². The lowest BCUT2D eigenvalue weighted by atomic mass is 10.0. The molecule has 0 N–H and O–H groups in total. The van der Waals surface area contributed by atoms with Crippen LogP contribution in [-0.4, -0.2) is 17.6 Å². The first kappa shape index (κ1) is 16.3.